The van der Waals surface area contributed by atoms with Crippen LogP contribution in [0.15, 0.2) is 30.3 Å². The average Bonchev–Trinajstić information content (AvgIpc) is 2.34. The van der Waals surface area contributed by atoms with Crippen LogP contribution in [0, 0.1) is 0 Å². The molecule has 1 N–H and O–H groups in total. The third-order valence-electron chi connectivity index (χ3n) is 1.78. The lowest BCUT2D eigenvalue weighted by Crippen LogP contribution is -2.33. The number of hydrogen-bond donors (Lipinski definition) is 1. The van der Waals surface area contributed by atoms with E-state index in [0.717, 1.165) is 5.56 Å². The monoisotopic (exact) mass is 325 g/mol. The van der Waals surface area contributed by atoms with E-state index in [1.54, 1.807) is 24.3 Å². The Bertz CT molecular complexity index is 433. The van der Waals surface area contributed by atoms with Crippen molar-refractivity contribution in [3.05, 3.63) is 35.9 Å². The summed E-state index contributed by atoms with van der Waals surface area (Å²) in [5.41, 5.74) is 0.785. The lowest BCUT2D eigenvalue weighted by atomic mass is 10.2. The quantitative estimate of drug-likeness (QED) is 0.864. The van der Waals surface area contributed by atoms with Gasteiger partial charge in [-0.25, -0.2) is 14.9 Å². The second-order valence-corrected chi connectivity index (χ2v) is 5.89. The van der Waals surface area contributed by atoms with Gasteiger partial charge in [0.2, 0.25) is 3.79 Å². The minimum Gasteiger partial charge on any atom is -0.445 e. The van der Waals surface area contributed by atoms with E-state index in [-0.39, 0.29) is 6.61 Å². The van der Waals surface area contributed by atoms with Crippen molar-refractivity contribution in [3.63, 3.8) is 0 Å². The molecular formula is C11H10Cl3NO4. The zero-order valence-corrected chi connectivity index (χ0v) is 11.8. The van der Waals surface area contributed by atoms with Crippen LogP contribution in [-0.2, 0) is 16.1 Å². The molecule has 0 aliphatic carbocycles. The summed E-state index contributed by atoms with van der Waals surface area (Å²) in [7, 11) is 0. The van der Waals surface area contributed by atoms with Crippen molar-refractivity contribution in [1.82, 2.24) is 5.32 Å². The summed E-state index contributed by atoms with van der Waals surface area (Å²) < 4.78 is 7.53. The Morgan fingerprint density at radius 2 is 1.63 bits per heavy atom. The fraction of sp³-hybridized carbons (Fsp3) is 0.273. The third kappa shape index (κ3) is 7.77. The SMILES string of the molecule is O=C(NC(=O)OCC(Cl)(Cl)Cl)OCc1ccccc1. The maximum Gasteiger partial charge on any atom is 0.416 e. The number of ether oxygens (including phenoxy) is 2. The van der Waals surface area contributed by atoms with Gasteiger partial charge >= 0.3 is 12.2 Å². The van der Waals surface area contributed by atoms with Gasteiger partial charge < -0.3 is 9.47 Å². The van der Waals surface area contributed by atoms with Crippen LogP contribution >= 0.6 is 34.8 Å². The summed E-state index contributed by atoms with van der Waals surface area (Å²) in [6, 6.07) is 8.97. The van der Waals surface area contributed by atoms with Crippen molar-refractivity contribution < 1.29 is 19.1 Å². The highest BCUT2D eigenvalue weighted by molar-refractivity contribution is 6.67. The van der Waals surface area contributed by atoms with Crippen molar-refractivity contribution in [2.75, 3.05) is 6.61 Å². The molecular weight excluding hydrogens is 316 g/mol. The molecule has 1 rings (SSSR count). The zero-order chi connectivity index (χ0) is 14.3. The second-order valence-electron chi connectivity index (χ2n) is 3.38. The van der Waals surface area contributed by atoms with Gasteiger partial charge in [0.05, 0.1) is 0 Å². The van der Waals surface area contributed by atoms with E-state index >= 15 is 0 Å². The largest absolute Gasteiger partial charge is 0.445 e. The first kappa shape index (κ1) is 15.9. The number of alkyl carbamates (subject to hydrolysis) is 2. The average molecular weight is 327 g/mol. The number of rotatable bonds is 3. The topological polar surface area (TPSA) is 64.6 Å². The van der Waals surface area contributed by atoms with Crippen LogP contribution in [0.4, 0.5) is 9.59 Å². The molecule has 0 aliphatic rings. The number of carbonyl (C=O) groups excluding carboxylic acids is 2. The van der Waals surface area contributed by atoms with Gasteiger partial charge in [-0.15, -0.1) is 0 Å². The number of benzene rings is 1. The Morgan fingerprint density at radius 3 is 2.21 bits per heavy atom. The summed E-state index contributed by atoms with van der Waals surface area (Å²) >= 11 is 16.1. The molecule has 5 nitrogen and oxygen atoms in total. The predicted molar refractivity (Wildman–Crippen MR) is 71.4 cm³/mol. The van der Waals surface area contributed by atoms with Gasteiger partial charge in [0.15, 0.2) is 0 Å². The first-order valence-corrected chi connectivity index (χ1v) is 6.21. The number of hydrogen-bond acceptors (Lipinski definition) is 4. The van der Waals surface area contributed by atoms with Crippen LogP contribution in [0.25, 0.3) is 0 Å². The van der Waals surface area contributed by atoms with Crippen molar-refractivity contribution >= 4 is 47.0 Å². The molecule has 1 aromatic carbocycles. The molecule has 0 heterocycles. The highest BCUT2D eigenvalue weighted by Gasteiger charge is 2.22. The number of imide groups is 1. The Morgan fingerprint density at radius 1 is 1.05 bits per heavy atom. The van der Waals surface area contributed by atoms with E-state index in [9.17, 15) is 9.59 Å². The van der Waals surface area contributed by atoms with Crippen molar-refractivity contribution in [1.29, 1.82) is 0 Å². The fourth-order valence-corrected chi connectivity index (χ4v) is 1.19. The Balaban J connectivity index is 2.26. The van der Waals surface area contributed by atoms with Gasteiger partial charge in [-0.3, -0.25) is 0 Å². The summed E-state index contributed by atoms with van der Waals surface area (Å²) in [6.45, 7) is -0.445. The van der Waals surface area contributed by atoms with E-state index in [4.69, 9.17) is 39.5 Å². The Labute approximate surface area is 124 Å². The minimum absolute atomic E-state index is 0.0322. The third-order valence-corrected chi connectivity index (χ3v) is 2.11. The van der Waals surface area contributed by atoms with Gasteiger partial charge in [-0.1, -0.05) is 65.1 Å². The van der Waals surface area contributed by atoms with Gasteiger partial charge in [0.1, 0.15) is 13.2 Å². The number of carbonyl (C=O) groups is 2. The lowest BCUT2D eigenvalue weighted by molar-refractivity contribution is 0.121. The molecule has 8 heteroatoms. The predicted octanol–water partition coefficient (Wildman–Crippen LogP) is 3.42. The molecule has 0 spiro atoms. The minimum atomic E-state index is -1.73. The summed E-state index contributed by atoms with van der Waals surface area (Å²) in [5.74, 6) is 0. The highest BCUT2D eigenvalue weighted by Crippen LogP contribution is 2.25. The van der Waals surface area contributed by atoms with E-state index in [1.165, 1.54) is 0 Å². The number of nitrogens with one attached hydrogen (secondary N) is 1. The number of halogens is 3. The van der Waals surface area contributed by atoms with Crippen molar-refractivity contribution in [2.24, 2.45) is 0 Å². The molecule has 2 amide bonds. The molecule has 0 bridgehead atoms. The van der Waals surface area contributed by atoms with Gasteiger partial charge in [-0.05, 0) is 5.56 Å². The highest BCUT2D eigenvalue weighted by atomic mass is 35.6. The van der Waals surface area contributed by atoms with E-state index in [0.29, 0.717) is 0 Å². The molecule has 0 unspecified atom stereocenters. The fourth-order valence-electron chi connectivity index (χ4n) is 1.03. The molecule has 0 atom stereocenters. The van der Waals surface area contributed by atoms with E-state index in [2.05, 4.69) is 4.74 Å². The van der Waals surface area contributed by atoms with Crippen LogP contribution < -0.4 is 5.32 Å². The van der Waals surface area contributed by atoms with Crippen LogP contribution in [0.2, 0.25) is 0 Å². The first-order valence-electron chi connectivity index (χ1n) is 5.08. The molecule has 104 valence electrons. The van der Waals surface area contributed by atoms with Crippen LogP contribution in [0.1, 0.15) is 5.56 Å². The summed E-state index contributed by atoms with van der Waals surface area (Å²) in [4.78, 5) is 22.3. The van der Waals surface area contributed by atoms with Crippen molar-refractivity contribution in [3.8, 4) is 0 Å². The normalized spacial score (nSPS) is 10.7. The van der Waals surface area contributed by atoms with Crippen molar-refractivity contribution in [2.45, 2.75) is 10.4 Å². The maximum atomic E-state index is 11.2. The lowest BCUT2D eigenvalue weighted by Gasteiger charge is -2.11. The van der Waals surface area contributed by atoms with Crippen LogP contribution in [0.3, 0.4) is 0 Å². The smallest absolute Gasteiger partial charge is 0.416 e. The van der Waals surface area contributed by atoms with E-state index in [1.807, 2.05) is 11.4 Å². The van der Waals surface area contributed by atoms with Crippen LogP contribution in [0.5, 0.6) is 0 Å². The standard InChI is InChI=1S/C11H10Cl3NO4/c12-11(13,14)7-19-10(17)15-9(16)18-6-8-4-2-1-3-5-8/h1-5H,6-7H2,(H,15,16,17). The van der Waals surface area contributed by atoms with Gasteiger partial charge in [0.25, 0.3) is 0 Å². The second kappa shape index (κ2) is 7.43. The maximum absolute atomic E-state index is 11.2. The van der Waals surface area contributed by atoms with Crippen LogP contribution in [-0.4, -0.2) is 22.6 Å². The van der Waals surface area contributed by atoms with Gasteiger partial charge in [0, 0.05) is 0 Å². The first-order chi connectivity index (χ1) is 8.87. The molecule has 1 aromatic rings. The molecule has 0 aliphatic heterocycles. The molecule has 0 aromatic heterocycles. The zero-order valence-electron chi connectivity index (χ0n) is 9.57. The molecule has 0 saturated carbocycles. The summed E-state index contributed by atoms with van der Waals surface area (Å²) in [5, 5.41) is 1.82. The number of amides is 2. The molecule has 19 heavy (non-hydrogen) atoms. The molecule has 0 radical (unpaired) electrons. The molecule has 0 saturated heterocycles. The Kier molecular flexibility index (Phi) is 6.21. The molecule has 0 fully saturated rings. The Hall–Kier alpha value is -1.17. The summed E-state index contributed by atoms with van der Waals surface area (Å²) in [6.07, 6.45) is -2.00. The number of alkyl halides is 3. The van der Waals surface area contributed by atoms with E-state index < -0.39 is 22.6 Å². The van der Waals surface area contributed by atoms with Gasteiger partial charge in [-0.2, -0.15) is 0 Å².